The van der Waals surface area contributed by atoms with Gasteiger partial charge in [0, 0.05) is 5.69 Å². The molecule has 1 aliphatic heterocycles. The van der Waals surface area contributed by atoms with E-state index in [1.165, 1.54) is 11.8 Å². The van der Waals surface area contributed by atoms with Crippen LogP contribution in [0.4, 0.5) is 5.69 Å². The Hall–Kier alpha value is -2.08. The Morgan fingerprint density at radius 2 is 2.05 bits per heavy atom. The fraction of sp³-hybridized carbons (Fsp3) is 0.385. The summed E-state index contributed by atoms with van der Waals surface area (Å²) in [5, 5.41) is 9.15. The highest BCUT2D eigenvalue weighted by Gasteiger charge is 2.42. The van der Waals surface area contributed by atoms with Gasteiger partial charge in [-0.25, -0.2) is 4.79 Å². The van der Waals surface area contributed by atoms with E-state index >= 15 is 0 Å². The average Bonchev–Trinajstić information content (AvgIpc) is 2.42. The van der Waals surface area contributed by atoms with Crippen molar-refractivity contribution < 1.29 is 24.2 Å². The maximum Gasteiger partial charge on any atom is 0.337 e. The molecule has 2 rings (SSSR count). The van der Waals surface area contributed by atoms with Crippen LogP contribution in [0.1, 0.15) is 6.92 Å². The number of aliphatic carboxylic acids is 1. The van der Waals surface area contributed by atoms with Crippen molar-refractivity contribution in [3.63, 3.8) is 0 Å². The second-order valence-electron chi connectivity index (χ2n) is 4.50. The van der Waals surface area contributed by atoms with Crippen LogP contribution in [0.5, 0.6) is 5.75 Å². The summed E-state index contributed by atoms with van der Waals surface area (Å²) in [6.07, 6.45) is 0. The van der Waals surface area contributed by atoms with Gasteiger partial charge in [-0.15, -0.1) is 0 Å². The van der Waals surface area contributed by atoms with Crippen molar-refractivity contribution in [3.8, 4) is 5.75 Å². The smallest absolute Gasteiger partial charge is 0.337 e. The van der Waals surface area contributed by atoms with Gasteiger partial charge in [0.15, 0.2) is 5.60 Å². The molecule has 1 aliphatic rings. The van der Waals surface area contributed by atoms with E-state index in [4.69, 9.17) is 14.6 Å². The van der Waals surface area contributed by atoms with Crippen LogP contribution in [0.3, 0.4) is 0 Å². The minimum absolute atomic E-state index is 0.0203. The molecule has 0 saturated carbocycles. The Labute approximate surface area is 110 Å². The zero-order valence-electron chi connectivity index (χ0n) is 10.8. The van der Waals surface area contributed by atoms with Gasteiger partial charge in [0.25, 0.3) is 5.91 Å². The number of morpholine rings is 1. The topological polar surface area (TPSA) is 76.1 Å². The summed E-state index contributed by atoms with van der Waals surface area (Å²) in [5.74, 6) is -0.673. The number of anilines is 1. The second kappa shape index (κ2) is 4.89. The van der Waals surface area contributed by atoms with E-state index < -0.39 is 11.6 Å². The number of carboxylic acids is 1. The molecule has 0 aliphatic carbocycles. The van der Waals surface area contributed by atoms with Crippen LogP contribution in [0.2, 0.25) is 0 Å². The highest BCUT2D eigenvalue weighted by atomic mass is 16.5. The van der Waals surface area contributed by atoms with E-state index in [2.05, 4.69) is 0 Å². The predicted octanol–water partition coefficient (Wildman–Crippen LogP) is 0.902. The third-order valence-corrected chi connectivity index (χ3v) is 3.11. The third kappa shape index (κ3) is 2.53. The molecule has 0 bridgehead atoms. The van der Waals surface area contributed by atoms with Gasteiger partial charge in [0.1, 0.15) is 12.4 Å². The molecular weight excluding hydrogens is 250 g/mol. The van der Waals surface area contributed by atoms with E-state index in [0.717, 1.165) is 0 Å². The summed E-state index contributed by atoms with van der Waals surface area (Å²) in [4.78, 5) is 24.4. The van der Waals surface area contributed by atoms with Crippen molar-refractivity contribution in [3.05, 3.63) is 24.3 Å². The maximum atomic E-state index is 11.8. The van der Waals surface area contributed by atoms with Crippen LogP contribution in [-0.2, 0) is 14.3 Å². The Balaban J connectivity index is 2.25. The lowest BCUT2D eigenvalue weighted by atomic mass is 10.0. The van der Waals surface area contributed by atoms with E-state index in [1.54, 1.807) is 31.4 Å². The number of rotatable bonds is 3. The van der Waals surface area contributed by atoms with E-state index in [1.807, 2.05) is 0 Å². The van der Waals surface area contributed by atoms with Crippen molar-refractivity contribution >= 4 is 17.6 Å². The number of hydrogen-bond acceptors (Lipinski definition) is 4. The summed E-state index contributed by atoms with van der Waals surface area (Å²) in [6, 6.07) is 6.86. The average molecular weight is 265 g/mol. The predicted molar refractivity (Wildman–Crippen MR) is 67.3 cm³/mol. The molecule has 1 saturated heterocycles. The second-order valence-corrected chi connectivity index (χ2v) is 4.50. The molecule has 1 N–H and O–H groups in total. The molecule has 1 aromatic rings. The Bertz CT molecular complexity index is 498. The van der Waals surface area contributed by atoms with Crippen LogP contribution in [0.25, 0.3) is 0 Å². The number of benzene rings is 1. The van der Waals surface area contributed by atoms with Crippen LogP contribution in [-0.4, -0.2) is 42.8 Å². The molecule has 1 heterocycles. The number of carboxylic acid groups (broad SMARTS) is 1. The zero-order valence-corrected chi connectivity index (χ0v) is 10.8. The number of hydrogen-bond donors (Lipinski definition) is 1. The number of carbonyl (C=O) groups excluding carboxylic acids is 1. The first-order valence-electron chi connectivity index (χ1n) is 5.78. The van der Waals surface area contributed by atoms with Crippen LogP contribution >= 0.6 is 0 Å². The summed E-state index contributed by atoms with van der Waals surface area (Å²) < 4.78 is 10.2. The van der Waals surface area contributed by atoms with E-state index in [0.29, 0.717) is 11.4 Å². The quantitative estimate of drug-likeness (QED) is 0.878. The Morgan fingerprint density at radius 3 is 2.58 bits per heavy atom. The molecule has 1 fully saturated rings. The fourth-order valence-corrected chi connectivity index (χ4v) is 1.86. The molecule has 102 valence electrons. The van der Waals surface area contributed by atoms with Crippen molar-refractivity contribution in [1.82, 2.24) is 0 Å². The molecule has 1 unspecified atom stereocenters. The fourth-order valence-electron chi connectivity index (χ4n) is 1.86. The van der Waals surface area contributed by atoms with Gasteiger partial charge in [-0.05, 0) is 31.2 Å². The van der Waals surface area contributed by atoms with Gasteiger partial charge >= 0.3 is 5.97 Å². The summed E-state index contributed by atoms with van der Waals surface area (Å²) in [6.45, 7) is 1.20. The van der Waals surface area contributed by atoms with Crippen molar-refractivity contribution in [1.29, 1.82) is 0 Å². The molecule has 0 aromatic heterocycles. The number of methoxy groups -OCH3 is 1. The minimum atomic E-state index is -1.38. The van der Waals surface area contributed by atoms with Gasteiger partial charge in [-0.1, -0.05) is 0 Å². The molecule has 1 aromatic carbocycles. The number of carbonyl (C=O) groups is 2. The molecule has 6 nitrogen and oxygen atoms in total. The van der Waals surface area contributed by atoms with Crippen molar-refractivity contribution in [2.45, 2.75) is 12.5 Å². The standard InChI is InChI=1S/C13H15NO5/c1-13(12(16)17)8-14(11(15)7-19-13)9-3-5-10(18-2)6-4-9/h3-6H,7-8H2,1-2H3,(H,16,17). The van der Waals surface area contributed by atoms with Gasteiger partial charge in [-0.3, -0.25) is 4.79 Å². The maximum absolute atomic E-state index is 11.8. The Kier molecular flexibility index (Phi) is 3.44. The SMILES string of the molecule is COc1ccc(N2CC(C)(C(=O)O)OCC2=O)cc1. The minimum Gasteiger partial charge on any atom is -0.497 e. The molecule has 0 radical (unpaired) electrons. The van der Waals surface area contributed by atoms with Crippen LogP contribution in [0.15, 0.2) is 24.3 Å². The first kappa shape index (κ1) is 13.4. The summed E-state index contributed by atoms with van der Waals surface area (Å²) >= 11 is 0. The van der Waals surface area contributed by atoms with Crippen molar-refractivity contribution in [2.24, 2.45) is 0 Å². The third-order valence-electron chi connectivity index (χ3n) is 3.11. The number of amides is 1. The molecule has 6 heteroatoms. The summed E-state index contributed by atoms with van der Waals surface area (Å²) in [5.41, 5.74) is -0.755. The van der Waals surface area contributed by atoms with Gasteiger partial charge in [-0.2, -0.15) is 0 Å². The van der Waals surface area contributed by atoms with E-state index in [-0.39, 0.29) is 19.1 Å². The highest BCUT2D eigenvalue weighted by molar-refractivity contribution is 5.97. The first-order valence-corrected chi connectivity index (χ1v) is 5.78. The summed E-state index contributed by atoms with van der Waals surface area (Å²) in [7, 11) is 1.55. The molecule has 1 amide bonds. The normalized spacial score (nSPS) is 23.3. The Morgan fingerprint density at radius 1 is 1.42 bits per heavy atom. The lowest BCUT2D eigenvalue weighted by molar-refractivity contribution is -0.168. The number of ether oxygens (including phenoxy) is 2. The van der Waals surface area contributed by atoms with Gasteiger partial charge in [0.05, 0.1) is 13.7 Å². The zero-order chi connectivity index (χ0) is 14.0. The largest absolute Gasteiger partial charge is 0.497 e. The van der Waals surface area contributed by atoms with Gasteiger partial charge in [0.2, 0.25) is 0 Å². The molecule has 19 heavy (non-hydrogen) atoms. The lowest BCUT2D eigenvalue weighted by Gasteiger charge is -2.37. The molecule has 0 spiro atoms. The molecular formula is C13H15NO5. The monoisotopic (exact) mass is 265 g/mol. The highest BCUT2D eigenvalue weighted by Crippen LogP contribution is 2.26. The van der Waals surface area contributed by atoms with Crippen LogP contribution in [0, 0.1) is 0 Å². The van der Waals surface area contributed by atoms with Crippen LogP contribution < -0.4 is 9.64 Å². The van der Waals surface area contributed by atoms with Crippen molar-refractivity contribution in [2.75, 3.05) is 25.2 Å². The molecule has 1 atom stereocenters. The number of nitrogens with zero attached hydrogens (tertiary/aromatic N) is 1. The first-order chi connectivity index (χ1) is 8.96. The lowest BCUT2D eigenvalue weighted by Crippen LogP contribution is -2.57. The van der Waals surface area contributed by atoms with Gasteiger partial charge < -0.3 is 19.5 Å². The van der Waals surface area contributed by atoms with E-state index in [9.17, 15) is 9.59 Å².